The van der Waals surface area contributed by atoms with Gasteiger partial charge in [0.2, 0.25) is 0 Å². The van der Waals surface area contributed by atoms with Crippen molar-refractivity contribution in [3.63, 3.8) is 0 Å². The van der Waals surface area contributed by atoms with Gasteiger partial charge in [0.15, 0.2) is 5.69 Å². The van der Waals surface area contributed by atoms with E-state index in [4.69, 9.17) is 9.47 Å². The van der Waals surface area contributed by atoms with E-state index in [1.165, 1.54) is 16.8 Å². The van der Waals surface area contributed by atoms with Crippen molar-refractivity contribution in [2.75, 3.05) is 6.61 Å². The second-order valence-corrected chi connectivity index (χ2v) is 16.0. The van der Waals surface area contributed by atoms with Gasteiger partial charge < -0.3 is 14.0 Å². The molecular weight excluding hydrogens is 507 g/mol. The van der Waals surface area contributed by atoms with Gasteiger partial charge in [0.25, 0.3) is 0 Å². The van der Waals surface area contributed by atoms with Gasteiger partial charge in [-0.1, -0.05) is 68.7 Å². The fourth-order valence-electron chi connectivity index (χ4n) is 3.65. The van der Waals surface area contributed by atoms with Crippen LogP contribution in [0.15, 0.2) is 84.4 Å². The summed E-state index contributed by atoms with van der Waals surface area (Å²) < 4.78 is 53.2. The van der Waals surface area contributed by atoms with E-state index >= 15 is 0 Å². The number of aliphatic imine (C=N–C) groups is 1. The monoisotopic (exact) mass is 543 g/mol. The number of rotatable bonds is 12. The number of alkyl halides is 3. The number of hydrogen-bond donors (Lipinski definition) is 0. The Balaban J connectivity index is 1.69. The maximum absolute atomic E-state index is 13.4. The lowest BCUT2D eigenvalue weighted by molar-refractivity contribution is -0.141. The van der Waals surface area contributed by atoms with E-state index < -0.39 is 19.9 Å². The van der Waals surface area contributed by atoms with Crippen LogP contribution in [0.1, 0.15) is 30.4 Å². The SMILES string of the molecule is C=C/C(=C\N=C(C)[C@H]1C=CC(OCc2ccccc2)=CC1)c1nc(C(F)(F)F)cn1COCC[Si](C)(C)C. The van der Waals surface area contributed by atoms with Gasteiger partial charge >= 0.3 is 6.18 Å². The van der Waals surface area contributed by atoms with Crippen LogP contribution >= 0.6 is 0 Å². The van der Waals surface area contributed by atoms with Crippen molar-refractivity contribution in [2.45, 2.75) is 58.5 Å². The van der Waals surface area contributed by atoms with Crippen LogP contribution in [0.4, 0.5) is 13.2 Å². The highest BCUT2D eigenvalue weighted by atomic mass is 28.3. The number of allylic oxidation sites excluding steroid dienone is 5. The maximum atomic E-state index is 13.4. The third-order valence-corrected chi connectivity index (χ3v) is 7.73. The Morgan fingerprint density at radius 1 is 1.24 bits per heavy atom. The number of hydrogen-bond acceptors (Lipinski definition) is 4. The van der Waals surface area contributed by atoms with Gasteiger partial charge in [-0.05, 0) is 37.1 Å². The molecule has 0 fully saturated rings. The summed E-state index contributed by atoms with van der Waals surface area (Å²) in [4.78, 5) is 8.39. The Kier molecular flexibility index (Phi) is 10.1. The van der Waals surface area contributed by atoms with Crippen LogP contribution in [0.2, 0.25) is 25.7 Å². The molecule has 0 unspecified atom stereocenters. The molecule has 0 bridgehead atoms. The molecule has 1 aromatic heterocycles. The molecule has 204 valence electrons. The number of benzene rings is 1. The molecule has 0 N–H and O–H groups in total. The number of ether oxygens (including phenoxy) is 2. The van der Waals surface area contributed by atoms with Crippen LogP contribution in [0.3, 0.4) is 0 Å². The van der Waals surface area contributed by atoms with Crippen LogP contribution in [-0.4, -0.2) is 29.9 Å². The predicted octanol–water partition coefficient (Wildman–Crippen LogP) is 7.88. The molecule has 1 aromatic carbocycles. The average Bonchev–Trinajstić information content (AvgIpc) is 3.31. The van der Waals surface area contributed by atoms with E-state index in [0.717, 1.165) is 29.3 Å². The summed E-state index contributed by atoms with van der Waals surface area (Å²) in [6.45, 7) is 13.3. The van der Waals surface area contributed by atoms with Gasteiger partial charge in [-0.2, -0.15) is 13.2 Å². The number of nitrogens with zero attached hydrogens (tertiary/aromatic N) is 3. The molecule has 0 amide bonds. The first-order chi connectivity index (χ1) is 18.0. The van der Waals surface area contributed by atoms with Crippen molar-refractivity contribution in [1.29, 1.82) is 0 Å². The molecule has 3 rings (SSSR count). The topological polar surface area (TPSA) is 48.6 Å². The summed E-state index contributed by atoms with van der Waals surface area (Å²) in [6, 6.07) is 10.9. The molecule has 38 heavy (non-hydrogen) atoms. The Bertz CT molecular complexity index is 1210. The Morgan fingerprint density at radius 3 is 2.58 bits per heavy atom. The van der Waals surface area contributed by atoms with E-state index in [1.807, 2.05) is 55.5 Å². The largest absolute Gasteiger partial charge is 0.489 e. The zero-order valence-electron chi connectivity index (χ0n) is 22.5. The van der Waals surface area contributed by atoms with E-state index in [9.17, 15) is 13.2 Å². The van der Waals surface area contributed by atoms with E-state index in [-0.39, 0.29) is 18.5 Å². The van der Waals surface area contributed by atoms with Gasteiger partial charge in [0.1, 0.15) is 24.9 Å². The van der Waals surface area contributed by atoms with Crippen LogP contribution in [-0.2, 0) is 29.0 Å². The van der Waals surface area contributed by atoms with E-state index in [0.29, 0.717) is 25.2 Å². The van der Waals surface area contributed by atoms with Gasteiger partial charge in [-0.3, -0.25) is 4.99 Å². The minimum Gasteiger partial charge on any atom is -0.489 e. The molecule has 0 saturated carbocycles. The molecule has 1 heterocycles. The molecule has 1 aliphatic rings. The van der Waals surface area contributed by atoms with Crippen molar-refractivity contribution in [1.82, 2.24) is 9.55 Å². The number of aromatic nitrogens is 2. The zero-order chi connectivity index (χ0) is 27.8. The van der Waals surface area contributed by atoms with Crippen molar-refractivity contribution in [2.24, 2.45) is 10.9 Å². The molecule has 9 heteroatoms. The van der Waals surface area contributed by atoms with Crippen LogP contribution in [0.25, 0.3) is 5.57 Å². The van der Waals surface area contributed by atoms with Crippen LogP contribution < -0.4 is 0 Å². The Morgan fingerprint density at radius 2 is 1.97 bits per heavy atom. The molecule has 1 atom stereocenters. The summed E-state index contributed by atoms with van der Waals surface area (Å²) in [5, 5.41) is 0. The highest BCUT2D eigenvalue weighted by Crippen LogP contribution is 2.30. The number of imidazole rings is 1. The summed E-state index contributed by atoms with van der Waals surface area (Å²) in [5.41, 5.74) is 1.32. The fourth-order valence-corrected chi connectivity index (χ4v) is 4.41. The second-order valence-electron chi connectivity index (χ2n) is 10.4. The lowest BCUT2D eigenvalue weighted by Gasteiger charge is -2.17. The van der Waals surface area contributed by atoms with Gasteiger partial charge in [0, 0.05) is 44.3 Å². The molecule has 0 saturated heterocycles. The van der Waals surface area contributed by atoms with Gasteiger partial charge in [-0.15, -0.1) is 0 Å². The molecule has 1 aliphatic carbocycles. The van der Waals surface area contributed by atoms with E-state index in [2.05, 4.69) is 36.2 Å². The van der Waals surface area contributed by atoms with Crippen LogP contribution in [0, 0.1) is 5.92 Å². The summed E-state index contributed by atoms with van der Waals surface area (Å²) in [5.74, 6) is 0.973. The Hall–Kier alpha value is -3.17. The molecular formula is C29H36F3N3O2Si. The first kappa shape index (κ1) is 29.4. The van der Waals surface area contributed by atoms with Crippen LogP contribution in [0.5, 0.6) is 0 Å². The smallest absolute Gasteiger partial charge is 0.434 e. The van der Waals surface area contributed by atoms with Crippen molar-refractivity contribution in [3.8, 4) is 0 Å². The summed E-state index contributed by atoms with van der Waals surface area (Å²) in [7, 11) is -1.32. The minimum absolute atomic E-state index is 0.0291. The fraction of sp³-hybridized carbons (Fsp3) is 0.379. The molecule has 0 radical (unpaired) electrons. The van der Waals surface area contributed by atoms with E-state index in [1.54, 1.807) is 0 Å². The summed E-state index contributed by atoms with van der Waals surface area (Å²) >= 11 is 0. The van der Waals surface area contributed by atoms with Gasteiger partial charge in [0.05, 0.1) is 0 Å². The highest BCUT2D eigenvalue weighted by Gasteiger charge is 2.35. The maximum Gasteiger partial charge on any atom is 0.434 e. The molecule has 0 spiro atoms. The van der Waals surface area contributed by atoms with Crippen molar-refractivity contribution in [3.05, 3.63) is 96.5 Å². The zero-order valence-corrected chi connectivity index (χ0v) is 23.5. The number of halogens is 3. The predicted molar refractivity (Wildman–Crippen MR) is 149 cm³/mol. The second kappa shape index (κ2) is 13.1. The minimum atomic E-state index is -4.57. The normalized spacial score (nSPS) is 16.9. The quantitative estimate of drug-likeness (QED) is 0.118. The molecule has 5 nitrogen and oxygen atoms in total. The third-order valence-electron chi connectivity index (χ3n) is 6.03. The first-order valence-electron chi connectivity index (χ1n) is 12.6. The molecule has 2 aromatic rings. The average molecular weight is 544 g/mol. The standard InChI is InChI=1S/C29H36F3N3O2Si/c1-6-24(28-34-27(29(30,31)32)19-35(28)21-36-16-17-38(3,4)5)18-33-22(2)25-12-14-26(15-13-25)37-20-23-10-8-7-9-11-23/h6-12,14-15,18-19,25H,1,13,16-17,20-21H2,2-5H3/b24-18+,33-22?/t25-/m0/s1. The van der Waals surface area contributed by atoms with Crippen molar-refractivity contribution >= 4 is 19.4 Å². The first-order valence-corrected chi connectivity index (χ1v) is 16.3. The third kappa shape index (κ3) is 8.99. The lowest BCUT2D eigenvalue weighted by atomic mass is 9.95. The molecule has 0 aliphatic heterocycles. The van der Waals surface area contributed by atoms with Crippen molar-refractivity contribution < 1.29 is 22.6 Å². The Labute approximate surface area is 224 Å². The lowest BCUT2D eigenvalue weighted by Crippen LogP contribution is -2.22. The highest BCUT2D eigenvalue weighted by molar-refractivity contribution is 6.76. The summed E-state index contributed by atoms with van der Waals surface area (Å²) in [6.07, 6.45) is 6.07. The van der Waals surface area contributed by atoms with Gasteiger partial charge in [-0.25, -0.2) is 4.98 Å².